The molecule has 160 valence electrons. The van der Waals surface area contributed by atoms with Crippen LogP contribution in [0.15, 0.2) is 72.1 Å². The zero-order chi connectivity index (χ0) is 22.1. The number of aromatic amines is 1. The lowest BCUT2D eigenvalue weighted by molar-refractivity contribution is 0.102. The molecule has 8 heteroatoms. The quantitative estimate of drug-likeness (QED) is 0.342. The number of amides is 1. The number of hydrogen-bond acceptors (Lipinski definition) is 5. The first-order valence-electron chi connectivity index (χ1n) is 10.4. The van der Waals surface area contributed by atoms with Crippen molar-refractivity contribution in [2.24, 2.45) is 0 Å². The predicted molar refractivity (Wildman–Crippen MR) is 128 cm³/mol. The minimum atomic E-state index is -0.164. The van der Waals surface area contributed by atoms with E-state index in [4.69, 9.17) is 0 Å². The molecule has 5 aromatic rings. The van der Waals surface area contributed by atoms with E-state index in [0.29, 0.717) is 17.0 Å². The highest BCUT2D eigenvalue weighted by molar-refractivity contribution is 7.98. The minimum Gasteiger partial charge on any atom is -0.333 e. The molecule has 0 fully saturated rings. The van der Waals surface area contributed by atoms with E-state index in [2.05, 4.69) is 39.2 Å². The number of aromatic nitrogens is 5. The fourth-order valence-corrected chi connectivity index (χ4v) is 4.49. The van der Waals surface area contributed by atoms with Crippen molar-refractivity contribution in [3.05, 3.63) is 78.1 Å². The zero-order valence-electron chi connectivity index (χ0n) is 17.7. The predicted octanol–water partition coefficient (Wildman–Crippen LogP) is 5.43. The van der Waals surface area contributed by atoms with Crippen LogP contribution >= 0.6 is 11.8 Å². The molecule has 32 heavy (non-hydrogen) atoms. The van der Waals surface area contributed by atoms with Crippen molar-refractivity contribution < 1.29 is 4.79 Å². The van der Waals surface area contributed by atoms with Crippen molar-refractivity contribution >= 4 is 45.4 Å². The summed E-state index contributed by atoms with van der Waals surface area (Å²) in [6, 6.07) is 17.7. The van der Waals surface area contributed by atoms with Gasteiger partial charge in [-0.05, 0) is 43.7 Å². The van der Waals surface area contributed by atoms with Gasteiger partial charge in [0.15, 0.2) is 10.8 Å². The summed E-state index contributed by atoms with van der Waals surface area (Å²) >= 11 is 1.57. The van der Waals surface area contributed by atoms with Crippen LogP contribution in [0.5, 0.6) is 0 Å². The average Bonchev–Trinajstić information content (AvgIpc) is 3.41. The van der Waals surface area contributed by atoms with Crippen molar-refractivity contribution in [2.75, 3.05) is 5.32 Å². The van der Waals surface area contributed by atoms with Gasteiger partial charge < -0.3 is 10.3 Å². The summed E-state index contributed by atoms with van der Waals surface area (Å²) in [5, 5.41) is 9.09. The largest absolute Gasteiger partial charge is 0.333 e. The third kappa shape index (κ3) is 3.97. The van der Waals surface area contributed by atoms with Crippen LogP contribution < -0.4 is 5.32 Å². The van der Waals surface area contributed by atoms with E-state index in [-0.39, 0.29) is 11.9 Å². The van der Waals surface area contributed by atoms with Crippen LogP contribution in [0.1, 0.15) is 35.8 Å². The number of nitrogens with zero attached hydrogens (tertiary/aromatic N) is 4. The molecule has 0 aliphatic heterocycles. The Labute approximate surface area is 189 Å². The highest BCUT2D eigenvalue weighted by atomic mass is 32.2. The topological polar surface area (TPSA) is 88.5 Å². The first-order valence-corrected chi connectivity index (χ1v) is 11.4. The van der Waals surface area contributed by atoms with Gasteiger partial charge >= 0.3 is 0 Å². The maximum absolute atomic E-state index is 13.0. The average molecular weight is 443 g/mol. The lowest BCUT2D eigenvalue weighted by Gasteiger charge is -2.10. The van der Waals surface area contributed by atoms with Crippen LogP contribution in [0.3, 0.4) is 0 Å². The Morgan fingerprint density at radius 1 is 1.12 bits per heavy atom. The van der Waals surface area contributed by atoms with Gasteiger partial charge in [-0.25, -0.2) is 14.6 Å². The first-order chi connectivity index (χ1) is 15.6. The molecule has 2 N–H and O–H groups in total. The number of anilines is 1. The Balaban J connectivity index is 1.33. The molecule has 0 bridgehead atoms. The summed E-state index contributed by atoms with van der Waals surface area (Å²) in [6.07, 6.45) is 3.45. The molecule has 7 nitrogen and oxygen atoms in total. The van der Waals surface area contributed by atoms with Crippen LogP contribution in [-0.2, 0) is 5.75 Å². The molecule has 5 rings (SSSR count). The van der Waals surface area contributed by atoms with Crippen LogP contribution in [-0.4, -0.2) is 30.6 Å². The molecule has 1 amide bonds. The molecule has 0 aliphatic carbocycles. The van der Waals surface area contributed by atoms with Gasteiger partial charge in [0.05, 0.1) is 29.1 Å². The van der Waals surface area contributed by atoms with Crippen LogP contribution in [0.25, 0.3) is 22.1 Å². The van der Waals surface area contributed by atoms with Gasteiger partial charge in [-0.2, -0.15) is 5.10 Å². The second kappa shape index (κ2) is 8.47. The number of pyridine rings is 1. The van der Waals surface area contributed by atoms with E-state index >= 15 is 0 Å². The molecule has 0 saturated carbocycles. The Kier molecular flexibility index (Phi) is 5.36. The van der Waals surface area contributed by atoms with Gasteiger partial charge in [-0.1, -0.05) is 42.1 Å². The molecule has 2 aromatic carbocycles. The van der Waals surface area contributed by atoms with Gasteiger partial charge in [0.1, 0.15) is 0 Å². The van der Waals surface area contributed by atoms with E-state index < -0.39 is 0 Å². The summed E-state index contributed by atoms with van der Waals surface area (Å²) < 4.78 is 1.87. The summed E-state index contributed by atoms with van der Waals surface area (Å²) in [7, 11) is 0. The molecule has 0 unspecified atom stereocenters. The highest BCUT2D eigenvalue weighted by Gasteiger charge is 2.14. The molecule has 3 aromatic heterocycles. The maximum Gasteiger partial charge on any atom is 0.256 e. The molecule has 0 atom stereocenters. The van der Waals surface area contributed by atoms with Gasteiger partial charge in [0.25, 0.3) is 5.91 Å². The highest BCUT2D eigenvalue weighted by Crippen LogP contribution is 2.25. The number of imidazole rings is 1. The van der Waals surface area contributed by atoms with Crippen LogP contribution in [0.2, 0.25) is 0 Å². The molecule has 0 saturated heterocycles. The maximum atomic E-state index is 13.0. The summed E-state index contributed by atoms with van der Waals surface area (Å²) in [4.78, 5) is 25.5. The summed E-state index contributed by atoms with van der Waals surface area (Å²) in [5.41, 5.74) is 4.96. The van der Waals surface area contributed by atoms with Gasteiger partial charge in [-0.15, -0.1) is 0 Å². The Morgan fingerprint density at radius 2 is 1.94 bits per heavy atom. The number of para-hydroxylation sites is 2. The molecule has 0 spiro atoms. The minimum absolute atomic E-state index is 0.164. The van der Waals surface area contributed by atoms with E-state index in [9.17, 15) is 4.79 Å². The number of H-pyrrole nitrogens is 1. The summed E-state index contributed by atoms with van der Waals surface area (Å²) in [5.74, 6) is 0.463. The molecule has 0 radical (unpaired) electrons. The Hall–Kier alpha value is -3.65. The fraction of sp³-hybridized carbons (Fsp3) is 0.167. The molecule has 3 heterocycles. The monoisotopic (exact) mass is 442 g/mol. The first kappa shape index (κ1) is 20.3. The van der Waals surface area contributed by atoms with Crippen LogP contribution in [0.4, 0.5) is 5.69 Å². The van der Waals surface area contributed by atoms with Crippen molar-refractivity contribution in [3.63, 3.8) is 0 Å². The van der Waals surface area contributed by atoms with Gasteiger partial charge in [-0.3, -0.25) is 4.79 Å². The van der Waals surface area contributed by atoms with E-state index in [1.807, 2.05) is 59.3 Å². The second-order valence-corrected chi connectivity index (χ2v) is 8.74. The summed E-state index contributed by atoms with van der Waals surface area (Å²) in [6.45, 7) is 4.12. The number of thioether (sulfide) groups is 1. The number of fused-ring (bicyclic) bond motifs is 2. The number of rotatable bonds is 6. The molecular weight excluding hydrogens is 420 g/mol. The standard InChI is InChI=1S/C24H22N6OS/c1-15(2)30-22-17(12-26-30)11-18(13-25-22)27-23(31)19-8-4-3-7-16(19)14-32-24-28-20-9-5-6-10-21(20)29-24/h3-13,15H,14H2,1-2H3,(H,27,31)(H,28,29). The molecular formula is C24H22N6OS. The second-order valence-electron chi connectivity index (χ2n) is 7.78. The number of nitrogens with one attached hydrogen (secondary N) is 2. The van der Waals surface area contributed by atoms with Crippen molar-refractivity contribution in [3.8, 4) is 0 Å². The number of benzene rings is 2. The Bertz CT molecular complexity index is 1390. The van der Waals surface area contributed by atoms with E-state index in [1.54, 1.807) is 24.2 Å². The number of carbonyl (C=O) groups excluding carboxylic acids is 1. The smallest absolute Gasteiger partial charge is 0.256 e. The third-order valence-electron chi connectivity index (χ3n) is 5.17. The SMILES string of the molecule is CC(C)n1ncc2cc(NC(=O)c3ccccc3CSc3nc4ccccc4[nH]3)cnc21. The number of hydrogen-bond donors (Lipinski definition) is 2. The van der Waals surface area contributed by atoms with Crippen molar-refractivity contribution in [1.29, 1.82) is 0 Å². The van der Waals surface area contributed by atoms with Gasteiger partial charge in [0, 0.05) is 22.7 Å². The fourth-order valence-electron chi connectivity index (χ4n) is 3.60. The van der Waals surface area contributed by atoms with E-state index in [0.717, 1.165) is 32.8 Å². The van der Waals surface area contributed by atoms with E-state index in [1.165, 1.54) is 0 Å². The zero-order valence-corrected chi connectivity index (χ0v) is 18.6. The van der Waals surface area contributed by atoms with Crippen molar-refractivity contribution in [1.82, 2.24) is 24.7 Å². The Morgan fingerprint density at radius 3 is 2.78 bits per heavy atom. The number of carbonyl (C=O) groups is 1. The normalized spacial score (nSPS) is 11.5. The lowest BCUT2D eigenvalue weighted by atomic mass is 10.1. The lowest BCUT2D eigenvalue weighted by Crippen LogP contribution is -2.14. The third-order valence-corrected chi connectivity index (χ3v) is 6.10. The van der Waals surface area contributed by atoms with Crippen LogP contribution in [0, 0.1) is 0 Å². The molecule has 0 aliphatic rings. The van der Waals surface area contributed by atoms with Crippen molar-refractivity contribution in [2.45, 2.75) is 30.8 Å². The van der Waals surface area contributed by atoms with Gasteiger partial charge in [0.2, 0.25) is 0 Å².